The van der Waals surface area contributed by atoms with Gasteiger partial charge in [-0.2, -0.15) is 17.5 Å². The Morgan fingerprint density at radius 1 is 1.35 bits per heavy atom. The second-order valence-electron chi connectivity index (χ2n) is 4.45. The lowest BCUT2D eigenvalue weighted by atomic mass is 10.1. The molecule has 1 aromatic rings. The molecule has 0 saturated carbocycles. The van der Waals surface area contributed by atoms with Crippen molar-refractivity contribution in [1.29, 1.82) is 0 Å². The van der Waals surface area contributed by atoms with Crippen LogP contribution in [0.3, 0.4) is 0 Å². The van der Waals surface area contributed by atoms with Crippen LogP contribution >= 0.6 is 0 Å². The predicted octanol–water partition coefficient (Wildman–Crippen LogP) is 2.46. The van der Waals surface area contributed by atoms with Crippen LogP contribution in [-0.2, 0) is 16.4 Å². The van der Waals surface area contributed by atoms with Gasteiger partial charge in [0.25, 0.3) is 0 Å². The van der Waals surface area contributed by atoms with E-state index in [1.807, 2.05) is 5.92 Å². The SMILES string of the molecule is C#CCN(C1CCc2ccccc21)S(=O)(=O)C(F)(F)F. The van der Waals surface area contributed by atoms with Crippen molar-refractivity contribution in [3.8, 4) is 12.3 Å². The molecule has 1 atom stereocenters. The predicted molar refractivity (Wildman–Crippen MR) is 68.0 cm³/mol. The number of hydrogen-bond acceptors (Lipinski definition) is 2. The van der Waals surface area contributed by atoms with E-state index < -0.39 is 28.1 Å². The Bertz CT molecular complexity index is 646. The first-order valence-corrected chi connectivity index (χ1v) is 7.32. The monoisotopic (exact) mass is 303 g/mol. The molecule has 0 fully saturated rings. The summed E-state index contributed by atoms with van der Waals surface area (Å²) in [4.78, 5) is 0. The Labute approximate surface area is 115 Å². The number of rotatable bonds is 3. The summed E-state index contributed by atoms with van der Waals surface area (Å²) in [5.74, 6) is 2.00. The highest BCUT2D eigenvalue weighted by Crippen LogP contribution is 2.40. The van der Waals surface area contributed by atoms with Crippen molar-refractivity contribution in [2.45, 2.75) is 24.4 Å². The molecule has 0 radical (unpaired) electrons. The van der Waals surface area contributed by atoms with Crippen molar-refractivity contribution < 1.29 is 21.6 Å². The number of terminal acetylenes is 1. The molecule has 7 heteroatoms. The van der Waals surface area contributed by atoms with Crippen molar-refractivity contribution in [2.75, 3.05) is 6.54 Å². The largest absolute Gasteiger partial charge is 0.511 e. The number of hydrogen-bond donors (Lipinski definition) is 0. The first-order chi connectivity index (χ1) is 9.29. The van der Waals surface area contributed by atoms with E-state index in [-0.39, 0.29) is 0 Å². The van der Waals surface area contributed by atoms with Crippen LogP contribution in [-0.4, -0.2) is 24.8 Å². The summed E-state index contributed by atoms with van der Waals surface area (Å²) in [6, 6.07) is 6.01. The molecule has 0 spiro atoms. The molecule has 2 rings (SSSR count). The summed E-state index contributed by atoms with van der Waals surface area (Å²) in [5.41, 5.74) is -3.89. The maximum atomic E-state index is 12.7. The van der Waals surface area contributed by atoms with E-state index in [0.29, 0.717) is 22.7 Å². The molecule has 0 N–H and O–H groups in total. The molecule has 108 valence electrons. The average Bonchev–Trinajstić information content (AvgIpc) is 2.78. The number of fused-ring (bicyclic) bond motifs is 1. The molecule has 1 aliphatic rings. The fourth-order valence-electron chi connectivity index (χ4n) is 2.42. The van der Waals surface area contributed by atoms with Crippen LogP contribution in [0.4, 0.5) is 13.2 Å². The van der Waals surface area contributed by atoms with Crippen LogP contribution in [0.2, 0.25) is 0 Å². The van der Waals surface area contributed by atoms with Gasteiger partial charge in [-0.15, -0.1) is 6.42 Å². The summed E-state index contributed by atoms with van der Waals surface area (Å²) in [6.45, 7) is -0.596. The lowest BCUT2D eigenvalue weighted by Crippen LogP contribution is -2.42. The van der Waals surface area contributed by atoms with Gasteiger partial charge >= 0.3 is 15.5 Å². The Morgan fingerprint density at radius 3 is 2.60 bits per heavy atom. The second kappa shape index (κ2) is 5.11. The molecular formula is C13H12F3NO2S. The molecule has 0 amide bonds. The van der Waals surface area contributed by atoms with Crippen LogP contribution in [0, 0.1) is 12.3 Å². The number of alkyl halides is 3. The standard InChI is InChI=1S/C13H12F3NO2S/c1-2-9-17(20(18,19)13(14,15)16)12-8-7-10-5-3-4-6-11(10)12/h1,3-6,12H,7-9H2. The number of nitrogens with zero attached hydrogens (tertiary/aromatic N) is 1. The third-order valence-corrected chi connectivity index (χ3v) is 4.88. The molecule has 0 heterocycles. The lowest BCUT2D eigenvalue weighted by Gasteiger charge is -2.27. The van der Waals surface area contributed by atoms with Crippen LogP contribution in [0.25, 0.3) is 0 Å². The van der Waals surface area contributed by atoms with E-state index in [2.05, 4.69) is 0 Å². The zero-order valence-electron chi connectivity index (χ0n) is 10.4. The minimum atomic E-state index is -5.44. The van der Waals surface area contributed by atoms with Gasteiger partial charge in [0.05, 0.1) is 12.6 Å². The van der Waals surface area contributed by atoms with E-state index in [0.717, 1.165) is 5.56 Å². The van der Waals surface area contributed by atoms with Crippen molar-refractivity contribution in [1.82, 2.24) is 4.31 Å². The van der Waals surface area contributed by atoms with Gasteiger partial charge in [0.15, 0.2) is 0 Å². The smallest absolute Gasteiger partial charge is 0.203 e. The summed E-state index contributed by atoms with van der Waals surface area (Å²) in [6.07, 6.45) is 5.87. The Morgan fingerprint density at radius 2 is 2.00 bits per heavy atom. The molecule has 0 aromatic heterocycles. The van der Waals surface area contributed by atoms with Crippen molar-refractivity contribution in [2.24, 2.45) is 0 Å². The van der Waals surface area contributed by atoms with Crippen LogP contribution < -0.4 is 0 Å². The van der Waals surface area contributed by atoms with Gasteiger partial charge in [-0.3, -0.25) is 0 Å². The first-order valence-electron chi connectivity index (χ1n) is 5.88. The fraction of sp³-hybridized carbons (Fsp3) is 0.385. The molecular weight excluding hydrogens is 291 g/mol. The minimum absolute atomic E-state index is 0.302. The zero-order chi connectivity index (χ0) is 15.0. The van der Waals surface area contributed by atoms with E-state index in [9.17, 15) is 21.6 Å². The molecule has 0 saturated heterocycles. The van der Waals surface area contributed by atoms with Crippen molar-refractivity contribution >= 4 is 10.0 Å². The van der Waals surface area contributed by atoms with E-state index in [1.165, 1.54) is 0 Å². The molecule has 20 heavy (non-hydrogen) atoms. The summed E-state index contributed by atoms with van der Waals surface area (Å²) in [5, 5.41) is 0. The van der Waals surface area contributed by atoms with Gasteiger partial charge < -0.3 is 0 Å². The van der Waals surface area contributed by atoms with Gasteiger partial charge in [0.2, 0.25) is 0 Å². The maximum Gasteiger partial charge on any atom is 0.511 e. The average molecular weight is 303 g/mol. The minimum Gasteiger partial charge on any atom is -0.203 e. The molecule has 1 aliphatic carbocycles. The van der Waals surface area contributed by atoms with Crippen molar-refractivity contribution in [3.05, 3.63) is 35.4 Å². The third kappa shape index (κ3) is 2.41. The first kappa shape index (κ1) is 14.9. The quantitative estimate of drug-likeness (QED) is 0.804. The Balaban J connectivity index is 2.45. The van der Waals surface area contributed by atoms with Crippen molar-refractivity contribution in [3.63, 3.8) is 0 Å². The van der Waals surface area contributed by atoms with E-state index in [1.54, 1.807) is 24.3 Å². The second-order valence-corrected chi connectivity index (χ2v) is 6.34. The molecule has 1 unspecified atom stereocenters. The maximum absolute atomic E-state index is 12.7. The normalized spacial score (nSPS) is 18.9. The molecule has 0 bridgehead atoms. The highest BCUT2D eigenvalue weighted by Gasteiger charge is 2.52. The van der Waals surface area contributed by atoms with Crippen LogP contribution in [0.1, 0.15) is 23.6 Å². The summed E-state index contributed by atoms with van der Waals surface area (Å²) in [7, 11) is -5.44. The number of sulfonamides is 1. The van der Waals surface area contributed by atoms with Crippen LogP contribution in [0.5, 0.6) is 0 Å². The molecule has 3 nitrogen and oxygen atoms in total. The fourth-order valence-corrected chi connectivity index (χ4v) is 3.48. The van der Waals surface area contributed by atoms with Gasteiger partial charge in [-0.05, 0) is 24.0 Å². The van der Waals surface area contributed by atoms with Gasteiger partial charge in [-0.1, -0.05) is 30.2 Å². The van der Waals surface area contributed by atoms with Gasteiger partial charge in [-0.25, -0.2) is 8.42 Å². The van der Waals surface area contributed by atoms with Gasteiger partial charge in [0, 0.05) is 0 Å². The number of aryl methyl sites for hydroxylation is 1. The number of benzene rings is 1. The highest BCUT2D eigenvalue weighted by molar-refractivity contribution is 7.90. The topological polar surface area (TPSA) is 37.4 Å². The zero-order valence-corrected chi connectivity index (χ0v) is 11.2. The molecule has 0 aliphatic heterocycles. The summed E-state index contributed by atoms with van der Waals surface area (Å²) < 4.78 is 61.9. The Kier molecular flexibility index (Phi) is 3.80. The number of halogens is 3. The highest BCUT2D eigenvalue weighted by atomic mass is 32.2. The Hall–Kier alpha value is -1.52. The van der Waals surface area contributed by atoms with Gasteiger partial charge in [0.1, 0.15) is 0 Å². The lowest BCUT2D eigenvalue weighted by molar-refractivity contribution is -0.0497. The van der Waals surface area contributed by atoms with Crippen LogP contribution in [0.15, 0.2) is 24.3 Å². The third-order valence-electron chi connectivity index (χ3n) is 3.30. The summed E-state index contributed by atoms with van der Waals surface area (Å²) >= 11 is 0. The van der Waals surface area contributed by atoms with E-state index in [4.69, 9.17) is 6.42 Å². The molecule has 1 aromatic carbocycles. The van der Waals surface area contributed by atoms with E-state index >= 15 is 0 Å².